The molecule has 3 aromatic carbocycles. The van der Waals surface area contributed by atoms with Crippen molar-refractivity contribution in [2.45, 2.75) is 32.3 Å². The summed E-state index contributed by atoms with van der Waals surface area (Å²) < 4.78 is 42.6. The number of anilines is 1. The van der Waals surface area contributed by atoms with Crippen molar-refractivity contribution in [3.63, 3.8) is 0 Å². The summed E-state index contributed by atoms with van der Waals surface area (Å²) >= 11 is 0. The number of ether oxygens (including phenoxy) is 2. The lowest BCUT2D eigenvalue weighted by molar-refractivity contribution is 0.0525. The van der Waals surface area contributed by atoms with Gasteiger partial charge in [-0.2, -0.15) is 0 Å². The SMILES string of the molecule is C[Si](C)(C)CCOC(=O)c1cccc(COc2ccc3c(=O)c(-c4cccc(NS(C)(=O)=O)c4)coc3c2)c1. The Morgan fingerprint density at radius 1 is 1.00 bits per heavy atom. The maximum atomic E-state index is 13.2. The normalized spacial score (nSPS) is 11.8. The molecule has 1 aromatic heterocycles. The summed E-state index contributed by atoms with van der Waals surface area (Å²) in [4.78, 5) is 25.6. The number of carbonyl (C=O) groups is 1. The average molecular weight is 566 g/mol. The predicted octanol–water partition coefficient (Wildman–Crippen LogP) is 5.91. The molecule has 4 rings (SSSR count). The van der Waals surface area contributed by atoms with Crippen LogP contribution in [0.25, 0.3) is 22.1 Å². The Labute approximate surface area is 228 Å². The summed E-state index contributed by atoms with van der Waals surface area (Å²) in [5.41, 5.74) is 2.56. The van der Waals surface area contributed by atoms with E-state index in [0.717, 1.165) is 17.9 Å². The van der Waals surface area contributed by atoms with Gasteiger partial charge in [-0.15, -0.1) is 0 Å². The first-order valence-electron chi connectivity index (χ1n) is 12.4. The molecular weight excluding hydrogens is 534 g/mol. The van der Waals surface area contributed by atoms with Gasteiger partial charge in [-0.05, 0) is 53.6 Å². The molecule has 0 saturated carbocycles. The van der Waals surface area contributed by atoms with Crippen LogP contribution in [0.1, 0.15) is 15.9 Å². The number of carbonyl (C=O) groups excluding carboxylic acids is 1. The van der Waals surface area contributed by atoms with E-state index in [2.05, 4.69) is 24.4 Å². The molecular formula is C29H31NO7SSi. The third kappa shape index (κ3) is 7.81. The van der Waals surface area contributed by atoms with E-state index in [1.165, 1.54) is 6.26 Å². The third-order valence-electron chi connectivity index (χ3n) is 5.88. The summed E-state index contributed by atoms with van der Waals surface area (Å²) in [6.07, 6.45) is 2.41. The van der Waals surface area contributed by atoms with Gasteiger partial charge in [-0.25, -0.2) is 13.2 Å². The van der Waals surface area contributed by atoms with Crippen molar-refractivity contribution in [3.8, 4) is 16.9 Å². The highest BCUT2D eigenvalue weighted by Gasteiger charge is 2.15. The topological polar surface area (TPSA) is 112 Å². The second kappa shape index (κ2) is 11.5. The minimum Gasteiger partial charge on any atom is -0.489 e. The molecule has 0 radical (unpaired) electrons. The summed E-state index contributed by atoms with van der Waals surface area (Å²) in [6.45, 7) is 7.33. The fraction of sp³-hybridized carbons (Fsp3) is 0.241. The number of nitrogens with one attached hydrogen (secondary N) is 1. The Morgan fingerprint density at radius 3 is 2.51 bits per heavy atom. The van der Waals surface area contributed by atoms with Gasteiger partial charge in [0.05, 0.1) is 29.4 Å². The molecule has 204 valence electrons. The Hall–Kier alpha value is -3.89. The Bertz CT molecular complexity index is 1670. The average Bonchev–Trinajstić information content (AvgIpc) is 2.86. The summed E-state index contributed by atoms with van der Waals surface area (Å²) in [5.74, 6) is 0.150. The van der Waals surface area contributed by atoms with Crippen LogP contribution < -0.4 is 14.9 Å². The Morgan fingerprint density at radius 2 is 1.77 bits per heavy atom. The maximum Gasteiger partial charge on any atom is 0.338 e. The van der Waals surface area contributed by atoms with E-state index >= 15 is 0 Å². The molecule has 0 aliphatic heterocycles. The van der Waals surface area contributed by atoms with Gasteiger partial charge in [0.2, 0.25) is 10.0 Å². The minimum absolute atomic E-state index is 0.212. The fourth-order valence-electron chi connectivity index (χ4n) is 3.85. The standard InChI is InChI=1S/C29H31NO7SSi/c1-38(33,34)30-23-10-6-8-21(16-23)26-19-37-27-17-24(11-12-25(27)28(26)31)36-18-20-7-5-9-22(15-20)29(32)35-13-14-39(2,3)4/h5-12,15-17,19,30H,13-14,18H2,1-4H3. The van der Waals surface area contributed by atoms with Crippen molar-refractivity contribution in [1.82, 2.24) is 0 Å². The molecule has 39 heavy (non-hydrogen) atoms. The van der Waals surface area contributed by atoms with Gasteiger partial charge in [0.25, 0.3) is 0 Å². The first kappa shape index (κ1) is 28.1. The molecule has 0 fully saturated rings. The van der Waals surface area contributed by atoms with Gasteiger partial charge in [0.1, 0.15) is 24.2 Å². The number of sulfonamides is 1. The quantitative estimate of drug-likeness (QED) is 0.188. The number of esters is 1. The predicted molar refractivity (Wildman–Crippen MR) is 156 cm³/mol. The zero-order valence-corrected chi connectivity index (χ0v) is 24.1. The van der Waals surface area contributed by atoms with E-state index in [1.807, 2.05) is 6.07 Å². The summed E-state index contributed by atoms with van der Waals surface area (Å²) in [5, 5.41) is 0.365. The van der Waals surface area contributed by atoms with E-state index in [1.54, 1.807) is 60.7 Å². The number of benzene rings is 3. The van der Waals surface area contributed by atoms with E-state index in [0.29, 0.717) is 45.7 Å². The molecule has 0 saturated heterocycles. The molecule has 0 unspecified atom stereocenters. The van der Waals surface area contributed by atoms with Crippen LogP contribution in [-0.4, -0.2) is 35.3 Å². The van der Waals surface area contributed by atoms with Gasteiger partial charge in [0, 0.05) is 19.8 Å². The van der Waals surface area contributed by atoms with Crippen molar-refractivity contribution in [1.29, 1.82) is 0 Å². The first-order valence-corrected chi connectivity index (χ1v) is 18.0. The largest absolute Gasteiger partial charge is 0.489 e. The second-order valence-electron chi connectivity index (χ2n) is 10.5. The van der Waals surface area contributed by atoms with Crippen LogP contribution >= 0.6 is 0 Å². The minimum atomic E-state index is -3.45. The van der Waals surface area contributed by atoms with Crippen LogP contribution in [0.3, 0.4) is 0 Å². The number of fused-ring (bicyclic) bond motifs is 1. The van der Waals surface area contributed by atoms with Crippen LogP contribution in [0.4, 0.5) is 5.69 Å². The second-order valence-corrected chi connectivity index (χ2v) is 17.9. The van der Waals surface area contributed by atoms with Crippen molar-refractivity contribution in [2.75, 3.05) is 17.6 Å². The lowest BCUT2D eigenvalue weighted by Gasteiger charge is -2.15. The van der Waals surface area contributed by atoms with Crippen LogP contribution in [0.15, 0.2) is 82.2 Å². The van der Waals surface area contributed by atoms with Gasteiger partial charge in [0.15, 0.2) is 5.43 Å². The van der Waals surface area contributed by atoms with E-state index in [4.69, 9.17) is 13.9 Å². The number of rotatable bonds is 10. The number of hydrogen-bond donors (Lipinski definition) is 1. The van der Waals surface area contributed by atoms with Gasteiger partial charge >= 0.3 is 5.97 Å². The molecule has 0 spiro atoms. The lowest BCUT2D eigenvalue weighted by atomic mass is 10.0. The van der Waals surface area contributed by atoms with E-state index in [-0.39, 0.29) is 18.0 Å². The van der Waals surface area contributed by atoms with E-state index < -0.39 is 18.1 Å². The molecule has 1 N–H and O–H groups in total. The highest BCUT2D eigenvalue weighted by molar-refractivity contribution is 7.92. The first-order chi connectivity index (χ1) is 18.4. The number of hydrogen-bond acceptors (Lipinski definition) is 7. The molecule has 0 bridgehead atoms. The van der Waals surface area contributed by atoms with E-state index in [9.17, 15) is 18.0 Å². The van der Waals surface area contributed by atoms with Gasteiger partial charge in [-0.3, -0.25) is 9.52 Å². The smallest absolute Gasteiger partial charge is 0.338 e. The molecule has 8 nitrogen and oxygen atoms in total. The van der Waals surface area contributed by atoms with Crippen molar-refractivity contribution >= 4 is 40.7 Å². The van der Waals surface area contributed by atoms with Crippen LogP contribution in [0.2, 0.25) is 25.7 Å². The zero-order chi connectivity index (χ0) is 28.2. The lowest BCUT2D eigenvalue weighted by Crippen LogP contribution is -2.22. The highest BCUT2D eigenvalue weighted by Crippen LogP contribution is 2.25. The molecule has 0 aliphatic rings. The molecule has 0 aliphatic carbocycles. The fourth-order valence-corrected chi connectivity index (χ4v) is 5.12. The monoisotopic (exact) mass is 565 g/mol. The molecule has 1 heterocycles. The Balaban J connectivity index is 1.47. The van der Waals surface area contributed by atoms with Crippen LogP contribution in [0.5, 0.6) is 5.75 Å². The maximum absolute atomic E-state index is 13.2. The van der Waals surface area contributed by atoms with Crippen molar-refractivity contribution in [3.05, 3.63) is 94.3 Å². The van der Waals surface area contributed by atoms with Crippen LogP contribution in [-0.2, 0) is 21.4 Å². The highest BCUT2D eigenvalue weighted by atomic mass is 32.2. The van der Waals surface area contributed by atoms with Gasteiger partial charge < -0.3 is 13.9 Å². The summed E-state index contributed by atoms with van der Waals surface area (Å²) in [6, 6.07) is 19.5. The molecule has 0 amide bonds. The van der Waals surface area contributed by atoms with Crippen LogP contribution in [0, 0.1) is 0 Å². The van der Waals surface area contributed by atoms with Gasteiger partial charge in [-0.1, -0.05) is 43.9 Å². The zero-order valence-electron chi connectivity index (χ0n) is 22.3. The molecule has 4 aromatic rings. The third-order valence-corrected chi connectivity index (χ3v) is 8.19. The molecule has 0 atom stereocenters. The summed E-state index contributed by atoms with van der Waals surface area (Å²) in [7, 11) is -4.74. The Kier molecular flexibility index (Phi) is 8.27. The van der Waals surface area contributed by atoms with Crippen molar-refractivity contribution < 1.29 is 27.1 Å². The molecule has 10 heteroatoms. The van der Waals surface area contributed by atoms with Crippen molar-refractivity contribution in [2.24, 2.45) is 0 Å².